The SMILES string of the molecule is CN(C1CC(OCCCc2ccc3c(n2)NCCC3)C1)C(C(=O)O)c1cc(F)ccc1[C@@H]1CCCCO1. The van der Waals surface area contributed by atoms with Crippen LogP contribution in [0.15, 0.2) is 30.3 Å². The van der Waals surface area contributed by atoms with E-state index in [9.17, 15) is 14.3 Å². The monoisotopic (exact) mass is 511 g/mol. The van der Waals surface area contributed by atoms with E-state index in [2.05, 4.69) is 17.4 Å². The van der Waals surface area contributed by atoms with Crippen LogP contribution in [0.3, 0.4) is 0 Å². The highest BCUT2D eigenvalue weighted by Crippen LogP contribution is 2.38. The minimum atomic E-state index is -0.971. The number of ether oxygens (including phenoxy) is 2. The van der Waals surface area contributed by atoms with Gasteiger partial charge in [-0.05, 0) is 99.7 Å². The molecule has 0 radical (unpaired) electrons. The quantitative estimate of drug-likeness (QED) is 0.432. The number of likely N-dealkylation sites (N-methyl/N-ethyl adjacent to an activating group) is 1. The highest BCUT2D eigenvalue weighted by molar-refractivity contribution is 5.76. The standard InChI is InChI=1S/C29H38FN3O4/c1-33(27(29(34)35)25-16-20(30)10-12-24(25)26-8-2-3-14-37-26)22-17-23(18-22)36-15-5-7-21-11-9-19-6-4-13-31-28(19)32-21/h9-12,16,22-23,26-27H,2-8,13-15,17-18H2,1H3,(H,31,32)(H,34,35)/t22?,23?,26-,27?/m0/s1. The van der Waals surface area contributed by atoms with Gasteiger partial charge >= 0.3 is 5.97 Å². The third-order valence-corrected chi connectivity index (χ3v) is 8.04. The van der Waals surface area contributed by atoms with E-state index in [0.717, 1.165) is 81.4 Å². The molecular weight excluding hydrogens is 473 g/mol. The number of anilines is 1. The number of hydrogen-bond donors (Lipinski definition) is 2. The number of aromatic nitrogens is 1. The summed E-state index contributed by atoms with van der Waals surface area (Å²) in [6.07, 6.45) is 8.34. The van der Waals surface area contributed by atoms with Crippen LogP contribution < -0.4 is 5.32 Å². The summed E-state index contributed by atoms with van der Waals surface area (Å²) in [6.45, 7) is 2.29. The predicted octanol–water partition coefficient (Wildman–Crippen LogP) is 5.06. The number of aliphatic carboxylic acids is 1. The molecule has 0 bridgehead atoms. The maximum Gasteiger partial charge on any atom is 0.325 e. The average molecular weight is 512 g/mol. The van der Waals surface area contributed by atoms with Crippen molar-refractivity contribution < 1.29 is 23.8 Å². The molecule has 1 aromatic carbocycles. The number of rotatable bonds is 10. The number of carbonyl (C=O) groups is 1. The molecule has 200 valence electrons. The number of hydrogen-bond acceptors (Lipinski definition) is 6. The molecule has 7 nitrogen and oxygen atoms in total. The minimum absolute atomic E-state index is 0.0721. The summed E-state index contributed by atoms with van der Waals surface area (Å²) in [5.74, 6) is -0.367. The molecule has 2 atom stereocenters. The second-order valence-corrected chi connectivity index (χ2v) is 10.6. The molecule has 5 rings (SSSR count). The van der Waals surface area contributed by atoms with Crippen LogP contribution in [0.1, 0.15) is 79.5 Å². The van der Waals surface area contributed by atoms with Crippen molar-refractivity contribution in [3.63, 3.8) is 0 Å². The third-order valence-electron chi connectivity index (χ3n) is 8.04. The molecule has 0 spiro atoms. The number of halogens is 1. The summed E-state index contributed by atoms with van der Waals surface area (Å²) < 4.78 is 26.3. The lowest BCUT2D eigenvalue weighted by Gasteiger charge is -2.43. The van der Waals surface area contributed by atoms with Crippen molar-refractivity contribution in [1.29, 1.82) is 0 Å². The molecule has 0 amide bonds. The largest absolute Gasteiger partial charge is 0.480 e. The van der Waals surface area contributed by atoms with Crippen LogP contribution in [0.4, 0.5) is 10.2 Å². The Labute approximate surface area is 218 Å². The fraction of sp³-hybridized carbons (Fsp3) is 0.586. The highest BCUT2D eigenvalue weighted by atomic mass is 19.1. The molecule has 1 saturated carbocycles. The van der Waals surface area contributed by atoms with Gasteiger partial charge in [0, 0.05) is 31.5 Å². The van der Waals surface area contributed by atoms with Gasteiger partial charge in [0.1, 0.15) is 17.7 Å². The van der Waals surface area contributed by atoms with E-state index in [1.54, 1.807) is 6.07 Å². The second-order valence-electron chi connectivity index (χ2n) is 10.6. The van der Waals surface area contributed by atoms with Gasteiger partial charge < -0.3 is 19.9 Å². The first kappa shape index (κ1) is 26.1. The van der Waals surface area contributed by atoms with E-state index >= 15 is 0 Å². The number of fused-ring (bicyclic) bond motifs is 1. The van der Waals surface area contributed by atoms with E-state index < -0.39 is 17.8 Å². The first-order valence-electron chi connectivity index (χ1n) is 13.7. The minimum Gasteiger partial charge on any atom is -0.480 e. The van der Waals surface area contributed by atoms with Crippen molar-refractivity contribution in [2.24, 2.45) is 0 Å². The van der Waals surface area contributed by atoms with E-state index in [1.807, 2.05) is 11.9 Å². The van der Waals surface area contributed by atoms with Gasteiger partial charge in [-0.3, -0.25) is 9.69 Å². The number of benzene rings is 1. The first-order chi connectivity index (χ1) is 18.0. The molecule has 37 heavy (non-hydrogen) atoms. The molecule has 1 saturated heterocycles. The number of nitrogens with zero attached hydrogens (tertiary/aromatic N) is 2. The van der Waals surface area contributed by atoms with Crippen LogP contribution in [0.25, 0.3) is 0 Å². The smallest absolute Gasteiger partial charge is 0.325 e. The topological polar surface area (TPSA) is 83.9 Å². The third kappa shape index (κ3) is 6.13. The van der Waals surface area contributed by atoms with Crippen LogP contribution in [-0.4, -0.2) is 59.9 Å². The molecule has 2 N–H and O–H groups in total. The average Bonchev–Trinajstić information content (AvgIpc) is 2.88. The summed E-state index contributed by atoms with van der Waals surface area (Å²) in [4.78, 5) is 19.0. The van der Waals surface area contributed by atoms with Crippen molar-refractivity contribution in [3.8, 4) is 0 Å². The zero-order valence-corrected chi connectivity index (χ0v) is 21.6. The summed E-state index contributed by atoms with van der Waals surface area (Å²) >= 11 is 0. The van der Waals surface area contributed by atoms with Crippen LogP contribution in [0.2, 0.25) is 0 Å². The summed E-state index contributed by atoms with van der Waals surface area (Å²) in [5, 5.41) is 13.5. The van der Waals surface area contributed by atoms with Gasteiger partial charge in [-0.15, -0.1) is 0 Å². The molecule has 1 aromatic heterocycles. The lowest BCUT2D eigenvalue weighted by atomic mass is 9.85. The van der Waals surface area contributed by atoms with Crippen LogP contribution in [0, 0.1) is 5.82 Å². The van der Waals surface area contributed by atoms with Gasteiger partial charge in [-0.1, -0.05) is 12.1 Å². The zero-order chi connectivity index (χ0) is 25.8. The maximum atomic E-state index is 14.3. The van der Waals surface area contributed by atoms with Gasteiger partial charge in [-0.25, -0.2) is 9.37 Å². The van der Waals surface area contributed by atoms with E-state index in [4.69, 9.17) is 14.5 Å². The number of aryl methyl sites for hydroxylation is 2. The fourth-order valence-electron chi connectivity index (χ4n) is 5.82. The molecule has 2 aromatic rings. The van der Waals surface area contributed by atoms with Crippen LogP contribution >= 0.6 is 0 Å². The molecule has 2 fully saturated rings. The van der Waals surface area contributed by atoms with Crippen molar-refractivity contribution in [1.82, 2.24) is 9.88 Å². The summed E-state index contributed by atoms with van der Waals surface area (Å²) in [7, 11) is 1.83. The molecule has 1 aliphatic carbocycles. The number of carboxylic acids is 1. The molecule has 8 heteroatoms. The Morgan fingerprint density at radius 1 is 1.27 bits per heavy atom. The van der Waals surface area contributed by atoms with Crippen molar-refractivity contribution in [3.05, 3.63) is 58.5 Å². The Morgan fingerprint density at radius 2 is 2.14 bits per heavy atom. The first-order valence-corrected chi connectivity index (χ1v) is 13.7. The number of pyridine rings is 1. The lowest BCUT2D eigenvalue weighted by molar-refractivity contribution is -0.146. The van der Waals surface area contributed by atoms with Gasteiger partial charge in [0.15, 0.2) is 0 Å². The van der Waals surface area contributed by atoms with Crippen molar-refractivity contribution in [2.45, 2.75) is 82.1 Å². The Balaban J connectivity index is 1.13. The summed E-state index contributed by atoms with van der Waals surface area (Å²) in [5.41, 5.74) is 3.67. The van der Waals surface area contributed by atoms with Gasteiger partial charge in [-0.2, -0.15) is 0 Å². The van der Waals surface area contributed by atoms with Crippen LogP contribution in [0.5, 0.6) is 0 Å². The molecule has 3 aliphatic rings. The molecule has 3 heterocycles. The van der Waals surface area contributed by atoms with Gasteiger partial charge in [0.05, 0.1) is 12.2 Å². The fourth-order valence-corrected chi connectivity index (χ4v) is 5.82. The number of carboxylic acid groups (broad SMARTS) is 1. The van der Waals surface area contributed by atoms with Crippen molar-refractivity contribution in [2.75, 3.05) is 32.1 Å². The normalized spacial score (nSPS) is 24.1. The van der Waals surface area contributed by atoms with Crippen molar-refractivity contribution >= 4 is 11.8 Å². The van der Waals surface area contributed by atoms with Crippen LogP contribution in [-0.2, 0) is 27.1 Å². The Morgan fingerprint density at radius 3 is 2.92 bits per heavy atom. The molecule has 1 unspecified atom stereocenters. The Kier molecular flexibility index (Phi) is 8.37. The van der Waals surface area contributed by atoms with Gasteiger partial charge in [0.25, 0.3) is 0 Å². The van der Waals surface area contributed by atoms with Gasteiger partial charge in [0.2, 0.25) is 0 Å². The maximum absolute atomic E-state index is 14.3. The highest BCUT2D eigenvalue weighted by Gasteiger charge is 2.40. The summed E-state index contributed by atoms with van der Waals surface area (Å²) in [6, 6.07) is 7.92. The Hall–Kier alpha value is -2.55. The molecular formula is C29H38FN3O4. The molecule has 2 aliphatic heterocycles. The second kappa shape index (κ2) is 11.9. The zero-order valence-electron chi connectivity index (χ0n) is 21.6. The van der Waals surface area contributed by atoms with E-state index in [1.165, 1.54) is 17.7 Å². The number of nitrogens with one attached hydrogen (secondary N) is 1. The predicted molar refractivity (Wildman–Crippen MR) is 139 cm³/mol. The lowest BCUT2D eigenvalue weighted by Crippen LogP contribution is -2.49. The van der Waals surface area contributed by atoms with E-state index in [-0.39, 0.29) is 18.2 Å². The van der Waals surface area contributed by atoms with E-state index in [0.29, 0.717) is 18.8 Å². The Bertz CT molecular complexity index is 1080.